The molecule has 0 radical (unpaired) electrons. The van der Waals surface area contributed by atoms with E-state index in [1.807, 2.05) is 0 Å². The highest BCUT2D eigenvalue weighted by Gasteiger charge is 2.58. The first-order valence-corrected chi connectivity index (χ1v) is 5.35. The van der Waals surface area contributed by atoms with Crippen molar-refractivity contribution < 1.29 is 23.5 Å². The molecule has 1 aromatic rings. The first kappa shape index (κ1) is 12.5. The van der Waals surface area contributed by atoms with E-state index in [-0.39, 0.29) is 18.5 Å². The average molecular weight is 255 g/mol. The van der Waals surface area contributed by atoms with Crippen LogP contribution in [0.25, 0.3) is 0 Å². The van der Waals surface area contributed by atoms with Gasteiger partial charge in [0.05, 0.1) is 5.69 Å². The van der Waals surface area contributed by atoms with E-state index < -0.39 is 28.9 Å². The highest BCUT2D eigenvalue weighted by molar-refractivity contribution is 6.11. The second kappa shape index (κ2) is 4.04. The number of carboxylic acid groups (broad SMARTS) is 1. The van der Waals surface area contributed by atoms with Gasteiger partial charge in [0.15, 0.2) is 0 Å². The molecule has 0 atom stereocenters. The van der Waals surface area contributed by atoms with Crippen molar-refractivity contribution in [3.05, 3.63) is 29.8 Å². The van der Waals surface area contributed by atoms with Crippen molar-refractivity contribution in [3.63, 3.8) is 0 Å². The van der Waals surface area contributed by atoms with Crippen LogP contribution in [0.3, 0.4) is 0 Å². The van der Waals surface area contributed by atoms with Crippen LogP contribution < -0.4 is 4.90 Å². The molecule has 4 nitrogen and oxygen atoms in total. The summed E-state index contributed by atoms with van der Waals surface area (Å²) in [6.07, 6.45) is 0.489. The molecule has 0 bridgehead atoms. The van der Waals surface area contributed by atoms with Gasteiger partial charge in [-0.3, -0.25) is 9.59 Å². The lowest BCUT2D eigenvalue weighted by Crippen LogP contribution is -2.39. The van der Waals surface area contributed by atoms with Crippen molar-refractivity contribution >= 4 is 17.6 Å². The van der Waals surface area contributed by atoms with E-state index in [0.717, 1.165) is 17.0 Å². The second-order valence-corrected chi connectivity index (χ2v) is 4.35. The number of rotatable bonds is 3. The number of nitrogens with zero attached hydrogens (tertiary/aromatic N) is 1. The molecule has 1 aromatic carbocycles. The van der Waals surface area contributed by atoms with Crippen LogP contribution in [0.2, 0.25) is 0 Å². The van der Waals surface area contributed by atoms with Gasteiger partial charge < -0.3 is 10.0 Å². The van der Waals surface area contributed by atoms with Crippen LogP contribution >= 0.6 is 0 Å². The first-order chi connectivity index (χ1) is 8.38. The fourth-order valence-electron chi connectivity index (χ4n) is 1.83. The van der Waals surface area contributed by atoms with Crippen LogP contribution in [0.5, 0.6) is 0 Å². The number of halogens is 2. The van der Waals surface area contributed by atoms with E-state index in [2.05, 4.69) is 0 Å². The Bertz CT molecular complexity index is 526. The quantitative estimate of drug-likeness (QED) is 0.838. The lowest BCUT2D eigenvalue weighted by Gasteiger charge is -2.21. The lowest BCUT2D eigenvalue weighted by molar-refractivity contribution is -0.148. The predicted octanol–water partition coefficient (Wildman–Crippen LogP) is 1.79. The molecule has 1 N–H and O–H groups in total. The van der Waals surface area contributed by atoms with E-state index in [1.165, 1.54) is 7.05 Å². The largest absolute Gasteiger partial charge is 0.480 e. The van der Waals surface area contributed by atoms with Crippen LogP contribution in [0.4, 0.5) is 14.5 Å². The average Bonchev–Trinajstić information content (AvgIpc) is 3.08. The fourth-order valence-corrected chi connectivity index (χ4v) is 1.83. The van der Waals surface area contributed by atoms with Crippen LogP contribution in [-0.4, -0.2) is 24.0 Å². The Balaban J connectivity index is 2.29. The number of carboxylic acids is 1. The Labute approximate surface area is 102 Å². The van der Waals surface area contributed by atoms with Gasteiger partial charge in [0.2, 0.25) is 5.91 Å². The second-order valence-electron chi connectivity index (χ2n) is 4.35. The van der Waals surface area contributed by atoms with Crippen LogP contribution in [0.1, 0.15) is 12.8 Å². The van der Waals surface area contributed by atoms with Crippen molar-refractivity contribution in [2.45, 2.75) is 12.8 Å². The zero-order chi connectivity index (χ0) is 13.5. The summed E-state index contributed by atoms with van der Waals surface area (Å²) in [5.41, 5.74) is -1.57. The van der Waals surface area contributed by atoms with Crippen molar-refractivity contribution in [2.75, 3.05) is 11.9 Å². The molecule has 96 valence electrons. The van der Waals surface area contributed by atoms with Gasteiger partial charge in [0, 0.05) is 13.1 Å². The summed E-state index contributed by atoms with van der Waals surface area (Å²) in [6.45, 7) is 0. The summed E-state index contributed by atoms with van der Waals surface area (Å²) in [4.78, 5) is 23.9. The number of hydrogen-bond donors (Lipinski definition) is 1. The molecule has 0 heterocycles. The molecule has 0 spiro atoms. The Hall–Kier alpha value is -1.98. The minimum Gasteiger partial charge on any atom is -0.480 e. The zero-order valence-corrected chi connectivity index (χ0v) is 9.61. The molecule has 0 saturated heterocycles. The van der Waals surface area contributed by atoms with Crippen molar-refractivity contribution in [1.29, 1.82) is 0 Å². The summed E-state index contributed by atoms with van der Waals surface area (Å²) in [5, 5.41) is 8.98. The van der Waals surface area contributed by atoms with E-state index in [0.29, 0.717) is 6.07 Å². The third kappa shape index (κ3) is 1.83. The zero-order valence-electron chi connectivity index (χ0n) is 9.61. The third-order valence-electron chi connectivity index (χ3n) is 3.14. The number of anilines is 1. The van der Waals surface area contributed by atoms with Crippen LogP contribution in [0.15, 0.2) is 18.2 Å². The SMILES string of the molecule is CN(C(=O)C1(C(=O)O)CC1)c1ccc(F)cc1F. The van der Waals surface area contributed by atoms with Gasteiger partial charge >= 0.3 is 5.97 Å². The molecule has 0 aromatic heterocycles. The summed E-state index contributed by atoms with van der Waals surface area (Å²) in [5.74, 6) is -3.54. The molecule has 0 aliphatic heterocycles. The van der Waals surface area contributed by atoms with E-state index >= 15 is 0 Å². The summed E-state index contributed by atoms with van der Waals surface area (Å²) in [6, 6.07) is 2.78. The van der Waals surface area contributed by atoms with Crippen molar-refractivity contribution in [1.82, 2.24) is 0 Å². The molecule has 1 aliphatic carbocycles. The monoisotopic (exact) mass is 255 g/mol. The maximum atomic E-state index is 13.5. The van der Waals surface area contributed by atoms with E-state index in [4.69, 9.17) is 5.11 Å². The Morgan fingerprint density at radius 3 is 2.39 bits per heavy atom. The molecule has 1 amide bonds. The predicted molar refractivity (Wildman–Crippen MR) is 59.1 cm³/mol. The number of benzene rings is 1. The number of carbonyl (C=O) groups is 2. The standard InChI is InChI=1S/C12H11F2NO3/c1-15(9-3-2-7(13)6-8(9)14)10(16)12(4-5-12)11(17)18/h2-3,6H,4-5H2,1H3,(H,17,18). The smallest absolute Gasteiger partial charge is 0.319 e. The van der Waals surface area contributed by atoms with Gasteiger partial charge in [0.1, 0.15) is 17.0 Å². The fraction of sp³-hybridized carbons (Fsp3) is 0.333. The van der Waals surface area contributed by atoms with Crippen LogP contribution in [-0.2, 0) is 9.59 Å². The minimum absolute atomic E-state index is 0.131. The van der Waals surface area contributed by atoms with Gasteiger partial charge in [-0.25, -0.2) is 8.78 Å². The van der Waals surface area contributed by atoms with Gasteiger partial charge in [-0.2, -0.15) is 0 Å². The maximum Gasteiger partial charge on any atom is 0.319 e. The Morgan fingerprint density at radius 1 is 1.33 bits per heavy atom. The molecule has 0 unspecified atom stereocenters. The summed E-state index contributed by atoms with van der Waals surface area (Å²) in [7, 11) is 1.28. The third-order valence-corrected chi connectivity index (χ3v) is 3.14. The first-order valence-electron chi connectivity index (χ1n) is 5.35. The van der Waals surface area contributed by atoms with Gasteiger partial charge in [-0.1, -0.05) is 0 Å². The summed E-state index contributed by atoms with van der Waals surface area (Å²) < 4.78 is 26.2. The number of amides is 1. The molecule has 18 heavy (non-hydrogen) atoms. The van der Waals surface area contributed by atoms with E-state index in [1.54, 1.807) is 0 Å². The van der Waals surface area contributed by atoms with Gasteiger partial charge in [-0.05, 0) is 25.0 Å². The van der Waals surface area contributed by atoms with Crippen molar-refractivity contribution in [2.24, 2.45) is 5.41 Å². The van der Waals surface area contributed by atoms with Gasteiger partial charge in [-0.15, -0.1) is 0 Å². The molecule has 1 fully saturated rings. The molecule has 1 saturated carbocycles. The number of aliphatic carboxylic acids is 1. The highest BCUT2D eigenvalue weighted by atomic mass is 19.1. The normalized spacial score (nSPS) is 16.2. The topological polar surface area (TPSA) is 57.6 Å². The molecular formula is C12H11F2NO3. The van der Waals surface area contributed by atoms with Gasteiger partial charge in [0.25, 0.3) is 0 Å². The molecular weight excluding hydrogens is 244 g/mol. The molecule has 6 heteroatoms. The number of carbonyl (C=O) groups excluding carboxylic acids is 1. The van der Waals surface area contributed by atoms with E-state index in [9.17, 15) is 18.4 Å². The lowest BCUT2D eigenvalue weighted by atomic mass is 10.1. The maximum absolute atomic E-state index is 13.5. The summed E-state index contributed by atoms with van der Waals surface area (Å²) >= 11 is 0. The van der Waals surface area contributed by atoms with Crippen LogP contribution in [0, 0.1) is 17.0 Å². The van der Waals surface area contributed by atoms with Crippen molar-refractivity contribution in [3.8, 4) is 0 Å². The molecule has 2 rings (SSSR count). The minimum atomic E-state index is -1.43. The number of hydrogen-bond acceptors (Lipinski definition) is 2. The Morgan fingerprint density at radius 2 is 1.94 bits per heavy atom. The Kier molecular flexibility index (Phi) is 2.80. The highest BCUT2D eigenvalue weighted by Crippen LogP contribution is 2.48. The molecule has 1 aliphatic rings.